The molecule has 0 bridgehead atoms. The van der Waals surface area contributed by atoms with E-state index >= 15 is 0 Å². The lowest BCUT2D eigenvalue weighted by Crippen LogP contribution is -2.28. The van der Waals surface area contributed by atoms with Crippen molar-refractivity contribution in [3.63, 3.8) is 0 Å². The fourth-order valence-corrected chi connectivity index (χ4v) is 1.47. The maximum absolute atomic E-state index is 11.6. The van der Waals surface area contributed by atoms with Gasteiger partial charge in [0.15, 0.2) is 5.82 Å². The number of nitrogens with zero attached hydrogens (tertiary/aromatic N) is 1. The van der Waals surface area contributed by atoms with Crippen LogP contribution in [0.3, 0.4) is 0 Å². The van der Waals surface area contributed by atoms with E-state index in [1.54, 1.807) is 13.0 Å². The summed E-state index contributed by atoms with van der Waals surface area (Å²) in [6.07, 6.45) is 0. The second-order valence-corrected chi connectivity index (χ2v) is 4.12. The Morgan fingerprint density at radius 3 is 2.61 bits per heavy atom. The number of hydrogen-bond acceptors (Lipinski definition) is 3. The fourth-order valence-electron chi connectivity index (χ4n) is 1.47. The van der Waals surface area contributed by atoms with Crippen molar-refractivity contribution in [3.05, 3.63) is 47.2 Å². The minimum absolute atomic E-state index is 0.302. The Balaban J connectivity index is 1.83. The molecule has 0 fully saturated rings. The zero-order valence-corrected chi connectivity index (χ0v) is 10.4. The number of nitrogens with one attached hydrogen (secondary N) is 2. The van der Waals surface area contributed by atoms with Crippen molar-refractivity contribution >= 4 is 11.8 Å². The van der Waals surface area contributed by atoms with E-state index < -0.39 is 0 Å². The van der Waals surface area contributed by atoms with Crippen LogP contribution in [0.4, 0.5) is 10.6 Å². The number of carbonyl (C=O) groups excluding carboxylic acids is 1. The van der Waals surface area contributed by atoms with Crippen LogP contribution in [0.1, 0.15) is 16.9 Å². The second-order valence-electron chi connectivity index (χ2n) is 4.12. The quantitative estimate of drug-likeness (QED) is 0.873. The first kappa shape index (κ1) is 12.2. The molecule has 0 unspecified atom stereocenters. The van der Waals surface area contributed by atoms with Gasteiger partial charge < -0.3 is 9.84 Å². The van der Waals surface area contributed by atoms with E-state index in [0.717, 1.165) is 5.56 Å². The Morgan fingerprint density at radius 1 is 1.28 bits per heavy atom. The molecule has 2 aromatic rings. The summed E-state index contributed by atoms with van der Waals surface area (Å²) in [7, 11) is 0. The van der Waals surface area contributed by atoms with Crippen LogP contribution in [0.2, 0.25) is 0 Å². The van der Waals surface area contributed by atoms with Gasteiger partial charge in [0, 0.05) is 12.6 Å². The van der Waals surface area contributed by atoms with E-state index in [1.807, 2.05) is 31.2 Å². The lowest BCUT2D eigenvalue weighted by Gasteiger charge is -2.05. The minimum Gasteiger partial charge on any atom is -0.360 e. The van der Waals surface area contributed by atoms with Gasteiger partial charge in [-0.15, -0.1) is 0 Å². The van der Waals surface area contributed by atoms with Gasteiger partial charge in [-0.3, -0.25) is 5.32 Å². The fraction of sp³-hybridized carbons (Fsp3) is 0.231. The van der Waals surface area contributed by atoms with Crippen LogP contribution in [0.15, 0.2) is 34.9 Å². The van der Waals surface area contributed by atoms with Gasteiger partial charge in [-0.25, -0.2) is 4.79 Å². The highest BCUT2D eigenvalue weighted by Crippen LogP contribution is 2.07. The molecular formula is C13H15N3O2. The molecule has 18 heavy (non-hydrogen) atoms. The summed E-state index contributed by atoms with van der Waals surface area (Å²) >= 11 is 0. The largest absolute Gasteiger partial charge is 0.360 e. The lowest BCUT2D eigenvalue weighted by molar-refractivity contribution is 0.251. The lowest BCUT2D eigenvalue weighted by atomic mass is 10.1. The van der Waals surface area contributed by atoms with Gasteiger partial charge in [-0.05, 0) is 19.4 Å². The summed E-state index contributed by atoms with van der Waals surface area (Å²) in [5.74, 6) is 1.07. The SMILES string of the molecule is Cc1ccc(CNC(=O)Nc2cc(C)on2)cc1. The average Bonchev–Trinajstić information content (AvgIpc) is 2.74. The first-order valence-corrected chi connectivity index (χ1v) is 5.67. The molecule has 2 amide bonds. The van der Waals surface area contributed by atoms with Crippen LogP contribution < -0.4 is 10.6 Å². The summed E-state index contributed by atoms with van der Waals surface area (Å²) in [6.45, 7) is 4.27. The maximum atomic E-state index is 11.6. The third-order valence-corrected chi connectivity index (χ3v) is 2.44. The van der Waals surface area contributed by atoms with Crippen molar-refractivity contribution in [2.24, 2.45) is 0 Å². The minimum atomic E-state index is -0.302. The number of anilines is 1. The molecule has 1 aromatic heterocycles. The first-order chi connectivity index (χ1) is 8.63. The molecule has 0 aliphatic rings. The van der Waals surface area contributed by atoms with Crippen LogP contribution in [0.25, 0.3) is 0 Å². The number of aryl methyl sites for hydroxylation is 2. The second kappa shape index (κ2) is 5.35. The van der Waals surface area contributed by atoms with Crippen molar-refractivity contribution in [2.45, 2.75) is 20.4 Å². The van der Waals surface area contributed by atoms with Gasteiger partial charge in [0.2, 0.25) is 0 Å². The molecule has 5 nitrogen and oxygen atoms in total. The number of benzene rings is 1. The van der Waals surface area contributed by atoms with Gasteiger partial charge in [0.25, 0.3) is 0 Å². The Hall–Kier alpha value is -2.30. The zero-order valence-electron chi connectivity index (χ0n) is 10.4. The molecular weight excluding hydrogens is 230 g/mol. The summed E-state index contributed by atoms with van der Waals surface area (Å²) in [5.41, 5.74) is 2.24. The predicted octanol–water partition coefficient (Wildman–Crippen LogP) is 2.61. The summed E-state index contributed by atoms with van der Waals surface area (Å²) in [4.78, 5) is 11.6. The number of aromatic nitrogens is 1. The monoisotopic (exact) mass is 245 g/mol. The Bertz CT molecular complexity index is 531. The van der Waals surface area contributed by atoms with E-state index in [9.17, 15) is 4.79 Å². The summed E-state index contributed by atoms with van der Waals surface area (Å²) in [6, 6.07) is 9.34. The third kappa shape index (κ3) is 3.35. The topological polar surface area (TPSA) is 67.2 Å². The van der Waals surface area contributed by atoms with Crippen LogP contribution in [-0.2, 0) is 6.54 Å². The highest BCUT2D eigenvalue weighted by Gasteiger charge is 2.05. The molecule has 0 saturated carbocycles. The van der Waals surface area contributed by atoms with Gasteiger partial charge in [-0.2, -0.15) is 0 Å². The Labute approximate surface area is 105 Å². The van der Waals surface area contributed by atoms with Crippen LogP contribution in [0, 0.1) is 13.8 Å². The summed E-state index contributed by atoms with van der Waals surface area (Å²) in [5, 5.41) is 9.01. The maximum Gasteiger partial charge on any atom is 0.320 e. The zero-order chi connectivity index (χ0) is 13.0. The number of urea groups is 1. The van der Waals surface area contributed by atoms with E-state index in [4.69, 9.17) is 4.52 Å². The van der Waals surface area contributed by atoms with Crippen LogP contribution >= 0.6 is 0 Å². The number of rotatable bonds is 3. The molecule has 0 atom stereocenters. The molecule has 2 rings (SSSR count). The van der Waals surface area contributed by atoms with Crippen molar-refractivity contribution in [2.75, 3.05) is 5.32 Å². The van der Waals surface area contributed by atoms with E-state index in [2.05, 4.69) is 15.8 Å². The van der Waals surface area contributed by atoms with Crippen molar-refractivity contribution in [1.82, 2.24) is 10.5 Å². The van der Waals surface area contributed by atoms with Gasteiger partial charge >= 0.3 is 6.03 Å². The van der Waals surface area contributed by atoms with E-state index in [-0.39, 0.29) is 6.03 Å². The smallest absolute Gasteiger partial charge is 0.320 e. The van der Waals surface area contributed by atoms with Crippen LogP contribution in [-0.4, -0.2) is 11.2 Å². The Kier molecular flexibility index (Phi) is 3.62. The van der Waals surface area contributed by atoms with Crippen molar-refractivity contribution in [3.8, 4) is 0 Å². The van der Waals surface area contributed by atoms with Crippen molar-refractivity contribution in [1.29, 1.82) is 0 Å². The molecule has 0 aliphatic heterocycles. The normalized spacial score (nSPS) is 10.1. The first-order valence-electron chi connectivity index (χ1n) is 5.67. The van der Waals surface area contributed by atoms with Gasteiger partial charge in [0.05, 0.1) is 0 Å². The molecule has 94 valence electrons. The number of carbonyl (C=O) groups is 1. The molecule has 1 aromatic carbocycles. The molecule has 0 spiro atoms. The third-order valence-electron chi connectivity index (χ3n) is 2.44. The Morgan fingerprint density at radius 2 is 2.00 bits per heavy atom. The molecule has 5 heteroatoms. The van der Waals surface area contributed by atoms with E-state index in [1.165, 1.54) is 5.56 Å². The standard InChI is InChI=1S/C13H15N3O2/c1-9-3-5-11(6-4-9)8-14-13(17)15-12-7-10(2)18-16-12/h3-7H,8H2,1-2H3,(H2,14,15,16,17). The molecule has 0 aliphatic carbocycles. The molecule has 0 saturated heterocycles. The molecule has 1 heterocycles. The van der Waals surface area contributed by atoms with Crippen LogP contribution in [0.5, 0.6) is 0 Å². The van der Waals surface area contributed by atoms with Gasteiger partial charge in [0.1, 0.15) is 5.76 Å². The highest BCUT2D eigenvalue weighted by atomic mass is 16.5. The highest BCUT2D eigenvalue weighted by molar-refractivity contribution is 5.88. The van der Waals surface area contributed by atoms with Gasteiger partial charge in [-0.1, -0.05) is 35.0 Å². The molecule has 0 radical (unpaired) electrons. The number of hydrogen-bond donors (Lipinski definition) is 2. The molecule has 2 N–H and O–H groups in total. The summed E-state index contributed by atoms with van der Waals surface area (Å²) < 4.78 is 4.85. The number of amides is 2. The average molecular weight is 245 g/mol. The van der Waals surface area contributed by atoms with E-state index in [0.29, 0.717) is 18.1 Å². The van der Waals surface area contributed by atoms with Crippen molar-refractivity contribution < 1.29 is 9.32 Å². The predicted molar refractivity (Wildman–Crippen MR) is 68.3 cm³/mol.